The first-order valence-electron chi connectivity index (χ1n) is 13.3. The first kappa shape index (κ1) is 31.5. The van der Waals surface area contributed by atoms with Crippen LogP contribution >= 0.6 is 19.8 Å². The summed E-state index contributed by atoms with van der Waals surface area (Å²) in [6.07, 6.45) is 18.8. The lowest BCUT2D eigenvalue weighted by Gasteiger charge is -2.09. The van der Waals surface area contributed by atoms with Gasteiger partial charge in [-0.15, -0.1) is 0 Å². The molecule has 0 radical (unpaired) electrons. The Balaban J connectivity index is 2.16. The molecule has 0 bridgehead atoms. The second-order valence-electron chi connectivity index (χ2n) is 9.01. The molecule has 7 nitrogen and oxygen atoms in total. The zero-order chi connectivity index (χ0) is 25.7. The minimum atomic E-state index is -3.93. The predicted octanol–water partition coefficient (Wildman–Crippen LogP) is 6.94. The Kier molecular flexibility index (Phi) is 18.5. The Bertz CT molecular complexity index is 801. The molecule has 200 valence electrons. The molecule has 0 aliphatic carbocycles. The lowest BCUT2D eigenvalue weighted by atomic mass is 10.0. The summed E-state index contributed by atoms with van der Waals surface area (Å²) in [6.45, 7) is 2.07. The number of carbonyl (C=O) groups is 2. The minimum absolute atomic E-state index is 0.0234. The molecule has 0 heterocycles. The molecule has 35 heavy (non-hydrogen) atoms. The van der Waals surface area contributed by atoms with E-state index in [1.165, 1.54) is 95.2 Å². The van der Waals surface area contributed by atoms with Crippen molar-refractivity contribution in [2.45, 2.75) is 110 Å². The number of hydrogen-bond acceptors (Lipinski definition) is 6. The van der Waals surface area contributed by atoms with E-state index >= 15 is 0 Å². The summed E-state index contributed by atoms with van der Waals surface area (Å²) >= 11 is -3.93. The molecule has 1 rings (SSSR count). The molecule has 0 spiro atoms. The monoisotopic (exact) mass is 605 g/mol. The number of benzene rings is 1. The topological polar surface area (TPSA) is 110 Å². The van der Waals surface area contributed by atoms with Crippen molar-refractivity contribution in [2.24, 2.45) is 0 Å². The molecule has 0 aliphatic rings. The van der Waals surface area contributed by atoms with Gasteiger partial charge in [0.05, 0.1) is 15.7 Å². The van der Waals surface area contributed by atoms with Crippen LogP contribution in [0.2, 0.25) is 0 Å². The molecule has 0 unspecified atom stereocenters. The summed E-state index contributed by atoms with van der Waals surface area (Å²) in [5, 5.41) is 11.1. The van der Waals surface area contributed by atoms with Gasteiger partial charge in [0.1, 0.15) is 12.4 Å². The molecular formula is C27H44INO6. The van der Waals surface area contributed by atoms with Gasteiger partial charge in [0, 0.05) is 6.42 Å². The molecule has 1 aromatic carbocycles. The van der Waals surface area contributed by atoms with Crippen molar-refractivity contribution >= 4 is 31.6 Å². The summed E-state index contributed by atoms with van der Waals surface area (Å²) in [4.78, 5) is 24.6. The number of carbonyl (C=O) groups excluding carboxylic acids is 2. The van der Waals surface area contributed by atoms with Crippen LogP contribution in [-0.2, 0) is 10.9 Å². The quantitative estimate of drug-likeness (QED) is 0.116. The first-order valence-corrected chi connectivity index (χ1v) is 16.1. The van der Waals surface area contributed by atoms with E-state index in [-0.39, 0.29) is 34.5 Å². The van der Waals surface area contributed by atoms with E-state index in [2.05, 4.69) is 12.2 Å². The van der Waals surface area contributed by atoms with Gasteiger partial charge in [0.2, 0.25) is 5.91 Å². The lowest BCUT2D eigenvalue weighted by molar-refractivity contribution is -0.120. The van der Waals surface area contributed by atoms with Crippen molar-refractivity contribution < 1.29 is 25.6 Å². The number of amides is 2. The van der Waals surface area contributed by atoms with E-state index in [0.717, 1.165) is 12.8 Å². The summed E-state index contributed by atoms with van der Waals surface area (Å²) in [6, 6.07) is 4.02. The number of ether oxygens (including phenoxy) is 1. The molecule has 8 heteroatoms. The standard InChI is InChI=1S/C27H44INO6/c1-2-3-4-5-6-7-8-9-10-11-12-13-14-15-16-17-26(31)29-27(32)24-22-23(35-21-20-30)18-19-25(24)28(33)34/h18-19,22,30H,2-17,20-21H2,1H3,(H,29,31,32). The molecular weight excluding hydrogens is 561 g/mol. The summed E-state index contributed by atoms with van der Waals surface area (Å²) in [5.74, 6) is -0.885. The van der Waals surface area contributed by atoms with E-state index in [0.29, 0.717) is 6.42 Å². The molecule has 0 atom stereocenters. The molecule has 1 aromatic rings. The molecule has 0 aliphatic heterocycles. The van der Waals surface area contributed by atoms with Gasteiger partial charge < -0.3 is 9.84 Å². The maximum atomic E-state index is 12.5. The molecule has 0 aromatic heterocycles. The van der Waals surface area contributed by atoms with Crippen LogP contribution in [0.15, 0.2) is 18.2 Å². The Labute approximate surface area is 217 Å². The minimum Gasteiger partial charge on any atom is -0.491 e. The zero-order valence-electron chi connectivity index (χ0n) is 21.3. The number of aliphatic hydroxyl groups excluding tert-OH is 1. The Morgan fingerprint density at radius 2 is 1.34 bits per heavy atom. The third-order valence-corrected chi connectivity index (χ3v) is 7.86. The Morgan fingerprint density at radius 1 is 0.829 bits per heavy atom. The van der Waals surface area contributed by atoms with E-state index in [9.17, 15) is 15.7 Å². The van der Waals surface area contributed by atoms with Crippen LogP contribution in [-0.4, -0.2) is 30.1 Å². The van der Waals surface area contributed by atoms with Crippen LogP contribution in [0.3, 0.4) is 0 Å². The highest BCUT2D eigenvalue weighted by Crippen LogP contribution is 2.26. The van der Waals surface area contributed by atoms with Crippen LogP contribution in [0.4, 0.5) is 0 Å². The van der Waals surface area contributed by atoms with Crippen LogP contribution in [0, 0.1) is 3.57 Å². The fourth-order valence-electron chi connectivity index (χ4n) is 3.98. The van der Waals surface area contributed by atoms with Crippen molar-refractivity contribution in [2.75, 3.05) is 13.2 Å². The second kappa shape index (κ2) is 20.6. The van der Waals surface area contributed by atoms with Crippen LogP contribution < -0.4 is 10.1 Å². The van der Waals surface area contributed by atoms with Crippen molar-refractivity contribution in [3.05, 3.63) is 27.3 Å². The van der Waals surface area contributed by atoms with E-state index < -0.39 is 31.6 Å². The lowest BCUT2D eigenvalue weighted by Crippen LogP contribution is -2.30. The van der Waals surface area contributed by atoms with Gasteiger partial charge in [-0.25, -0.2) is 6.14 Å². The number of nitrogens with one attached hydrogen (secondary N) is 1. The van der Waals surface area contributed by atoms with Crippen molar-refractivity contribution in [3.63, 3.8) is 0 Å². The largest absolute Gasteiger partial charge is 0.491 e. The van der Waals surface area contributed by atoms with Crippen molar-refractivity contribution in [1.29, 1.82) is 0 Å². The number of aliphatic hydroxyl groups is 1. The molecule has 0 saturated heterocycles. The van der Waals surface area contributed by atoms with Gasteiger partial charge in [0.25, 0.3) is 5.91 Å². The number of imide groups is 1. The summed E-state index contributed by atoms with van der Waals surface area (Å²) < 4.78 is 28.3. The van der Waals surface area contributed by atoms with Crippen LogP contribution in [0.1, 0.15) is 120 Å². The Morgan fingerprint density at radius 3 is 1.83 bits per heavy atom. The molecule has 0 fully saturated rings. The van der Waals surface area contributed by atoms with Gasteiger partial charge in [-0.2, -0.15) is 0 Å². The fourth-order valence-corrected chi connectivity index (χ4v) is 5.33. The predicted molar refractivity (Wildman–Crippen MR) is 145 cm³/mol. The number of hydrogen-bond donors (Lipinski definition) is 2. The second-order valence-corrected chi connectivity index (χ2v) is 11.4. The Hall–Kier alpha value is -1.55. The average Bonchev–Trinajstić information content (AvgIpc) is 2.84. The maximum Gasteiger partial charge on any atom is 0.341 e. The van der Waals surface area contributed by atoms with Gasteiger partial charge in [-0.05, 0) is 24.6 Å². The van der Waals surface area contributed by atoms with E-state index in [4.69, 9.17) is 9.84 Å². The van der Waals surface area contributed by atoms with Crippen molar-refractivity contribution in [3.8, 4) is 5.75 Å². The van der Waals surface area contributed by atoms with Gasteiger partial charge in [-0.1, -0.05) is 96.8 Å². The van der Waals surface area contributed by atoms with Crippen LogP contribution in [0.25, 0.3) is 0 Å². The fraction of sp³-hybridized carbons (Fsp3) is 0.704. The molecule has 2 N–H and O–H groups in total. The SMILES string of the molecule is CCCCCCCCCCCCCCCCCC(=O)NC(=O)c1cc(OCCO)ccc1I(=O)=O. The number of unbranched alkanes of at least 4 members (excludes halogenated alkanes) is 14. The van der Waals surface area contributed by atoms with E-state index in [1.807, 2.05) is 0 Å². The third-order valence-electron chi connectivity index (χ3n) is 5.97. The highest BCUT2D eigenvalue weighted by Gasteiger charge is 2.18. The zero-order valence-corrected chi connectivity index (χ0v) is 23.5. The summed E-state index contributed by atoms with van der Waals surface area (Å²) in [5.41, 5.74) is -0.0968. The third kappa shape index (κ3) is 15.2. The average molecular weight is 606 g/mol. The maximum absolute atomic E-state index is 12.5. The van der Waals surface area contributed by atoms with Gasteiger partial charge in [0.15, 0.2) is 0 Å². The first-order chi connectivity index (χ1) is 17.0. The normalized spacial score (nSPS) is 11.1. The van der Waals surface area contributed by atoms with Crippen LogP contribution in [0.5, 0.6) is 5.75 Å². The molecule has 0 saturated carbocycles. The van der Waals surface area contributed by atoms with Crippen molar-refractivity contribution in [1.82, 2.24) is 5.32 Å². The van der Waals surface area contributed by atoms with Gasteiger partial charge in [-0.3, -0.25) is 14.9 Å². The number of halogens is 1. The van der Waals surface area contributed by atoms with E-state index in [1.54, 1.807) is 0 Å². The van der Waals surface area contributed by atoms with Gasteiger partial charge >= 0.3 is 19.8 Å². The molecule has 2 amide bonds. The number of rotatable bonds is 21. The highest BCUT2D eigenvalue weighted by atomic mass is 127. The highest BCUT2D eigenvalue weighted by molar-refractivity contribution is 14.2. The smallest absolute Gasteiger partial charge is 0.341 e. The summed E-state index contributed by atoms with van der Waals surface area (Å²) in [7, 11) is 0.